The molecule has 0 spiro atoms. The fraction of sp³-hybridized carbons (Fsp3) is 0.462. The number of hydrogen-bond acceptors (Lipinski definition) is 1. The first kappa shape index (κ1) is 11.5. The Morgan fingerprint density at radius 1 is 1.38 bits per heavy atom. The lowest BCUT2D eigenvalue weighted by Crippen LogP contribution is -2.51. The van der Waals surface area contributed by atoms with Crippen molar-refractivity contribution in [3.63, 3.8) is 0 Å². The Morgan fingerprint density at radius 2 is 2.00 bits per heavy atom. The van der Waals surface area contributed by atoms with Crippen LogP contribution in [0.25, 0.3) is 0 Å². The number of alkyl halides is 1. The zero-order valence-corrected chi connectivity index (χ0v) is 10.1. The normalized spacial score (nSPS) is 19.6. The minimum absolute atomic E-state index is 0.0288. The molecule has 1 atom stereocenters. The van der Waals surface area contributed by atoms with Gasteiger partial charge in [-0.25, -0.2) is 0 Å². The molecule has 0 aliphatic heterocycles. The molecule has 1 aliphatic carbocycles. The smallest absolute Gasteiger partial charge is 0.243 e. The average molecular weight is 238 g/mol. The Labute approximate surface area is 101 Å². The molecule has 1 aromatic carbocycles. The number of nitrogens with one attached hydrogen (secondary N) is 1. The third kappa shape index (κ3) is 2.38. The molecule has 1 amide bonds. The first-order valence-electron chi connectivity index (χ1n) is 5.62. The van der Waals surface area contributed by atoms with Crippen LogP contribution in [0.1, 0.15) is 37.1 Å². The molecule has 3 heteroatoms. The molecule has 0 radical (unpaired) electrons. The first-order valence-corrected chi connectivity index (χ1v) is 6.05. The Balaban J connectivity index is 1.99. The van der Waals surface area contributed by atoms with Crippen LogP contribution < -0.4 is 5.32 Å². The molecule has 1 aromatic rings. The Hall–Kier alpha value is -1.02. The third-order valence-corrected chi connectivity index (χ3v) is 3.65. The summed E-state index contributed by atoms with van der Waals surface area (Å²) in [6.07, 6.45) is 3.29. The predicted octanol–water partition coefficient (Wildman–Crippen LogP) is 3.03. The summed E-state index contributed by atoms with van der Waals surface area (Å²) in [6.45, 7) is 2.07. The van der Waals surface area contributed by atoms with Gasteiger partial charge in [0.05, 0.1) is 0 Å². The fourth-order valence-electron chi connectivity index (χ4n) is 1.97. The van der Waals surface area contributed by atoms with E-state index in [-0.39, 0.29) is 11.4 Å². The fourth-order valence-corrected chi connectivity index (χ4v) is 2.17. The number of carbonyl (C=O) groups is 1. The van der Waals surface area contributed by atoms with Crippen LogP contribution in [0, 0.1) is 0 Å². The summed E-state index contributed by atoms with van der Waals surface area (Å²) in [5.41, 5.74) is 0.823. The molecule has 86 valence electrons. The molecule has 1 N–H and O–H groups in total. The van der Waals surface area contributed by atoms with Crippen LogP contribution in [0.15, 0.2) is 30.3 Å². The van der Waals surface area contributed by atoms with E-state index in [0.29, 0.717) is 0 Å². The Kier molecular flexibility index (Phi) is 3.20. The van der Waals surface area contributed by atoms with Crippen LogP contribution in [0.4, 0.5) is 0 Å². The highest BCUT2D eigenvalue weighted by Crippen LogP contribution is 2.32. The number of hydrogen-bond donors (Lipinski definition) is 1. The highest BCUT2D eigenvalue weighted by atomic mass is 35.5. The minimum Gasteiger partial charge on any atom is -0.349 e. The van der Waals surface area contributed by atoms with E-state index in [1.807, 2.05) is 30.3 Å². The van der Waals surface area contributed by atoms with Gasteiger partial charge in [0.2, 0.25) is 5.91 Å². The second-order valence-corrected chi connectivity index (χ2v) is 5.11. The van der Waals surface area contributed by atoms with E-state index in [9.17, 15) is 4.79 Å². The Morgan fingerprint density at radius 3 is 2.50 bits per heavy atom. The quantitative estimate of drug-likeness (QED) is 0.805. The van der Waals surface area contributed by atoms with Crippen LogP contribution in [0.5, 0.6) is 0 Å². The number of halogens is 1. The van der Waals surface area contributed by atoms with E-state index in [4.69, 9.17) is 11.6 Å². The zero-order chi connectivity index (χ0) is 11.6. The molecule has 2 rings (SSSR count). The van der Waals surface area contributed by atoms with Crippen molar-refractivity contribution >= 4 is 17.5 Å². The number of benzene rings is 1. The van der Waals surface area contributed by atoms with E-state index >= 15 is 0 Å². The van der Waals surface area contributed by atoms with E-state index in [0.717, 1.165) is 18.4 Å². The SMILES string of the molecule is CC1(NC(=O)C(Cl)c2ccccc2)CCC1. The molecule has 0 saturated heterocycles. The first-order chi connectivity index (χ1) is 7.61. The van der Waals surface area contributed by atoms with Crippen molar-refractivity contribution in [1.82, 2.24) is 5.32 Å². The summed E-state index contributed by atoms with van der Waals surface area (Å²) in [5, 5.41) is 2.44. The molecular weight excluding hydrogens is 222 g/mol. The van der Waals surface area contributed by atoms with Gasteiger partial charge >= 0.3 is 0 Å². The lowest BCUT2D eigenvalue weighted by atomic mass is 9.78. The molecule has 0 heterocycles. The van der Waals surface area contributed by atoms with Crippen LogP contribution >= 0.6 is 11.6 Å². The van der Waals surface area contributed by atoms with Gasteiger partial charge in [-0.1, -0.05) is 30.3 Å². The highest BCUT2D eigenvalue weighted by Gasteiger charge is 2.34. The van der Waals surface area contributed by atoms with Crippen LogP contribution in [-0.2, 0) is 4.79 Å². The maximum Gasteiger partial charge on any atom is 0.243 e. The molecule has 1 fully saturated rings. The van der Waals surface area contributed by atoms with Gasteiger partial charge in [-0.15, -0.1) is 11.6 Å². The maximum absolute atomic E-state index is 11.9. The van der Waals surface area contributed by atoms with Crippen molar-refractivity contribution in [3.05, 3.63) is 35.9 Å². The third-order valence-electron chi connectivity index (χ3n) is 3.20. The summed E-state index contributed by atoms with van der Waals surface area (Å²) < 4.78 is 0. The Bertz CT molecular complexity index is 373. The van der Waals surface area contributed by atoms with Crippen molar-refractivity contribution in [2.75, 3.05) is 0 Å². The van der Waals surface area contributed by atoms with Gasteiger partial charge in [-0.2, -0.15) is 0 Å². The molecule has 1 aliphatic rings. The van der Waals surface area contributed by atoms with E-state index in [1.165, 1.54) is 6.42 Å². The number of rotatable bonds is 3. The summed E-state index contributed by atoms with van der Waals surface area (Å²) in [7, 11) is 0. The summed E-state index contributed by atoms with van der Waals surface area (Å²) >= 11 is 6.13. The standard InChI is InChI=1S/C13H16ClNO/c1-13(8-5-9-13)15-12(16)11(14)10-6-3-2-4-7-10/h2-4,6-7,11H,5,8-9H2,1H3,(H,15,16). The van der Waals surface area contributed by atoms with Gasteiger partial charge in [0.15, 0.2) is 0 Å². The largest absolute Gasteiger partial charge is 0.349 e. The van der Waals surface area contributed by atoms with Crippen molar-refractivity contribution in [1.29, 1.82) is 0 Å². The van der Waals surface area contributed by atoms with Gasteiger partial charge in [0, 0.05) is 5.54 Å². The van der Waals surface area contributed by atoms with Crippen molar-refractivity contribution in [2.45, 2.75) is 37.1 Å². The monoisotopic (exact) mass is 237 g/mol. The lowest BCUT2D eigenvalue weighted by molar-refractivity contribution is -0.123. The summed E-state index contributed by atoms with van der Waals surface area (Å²) in [6, 6.07) is 9.45. The zero-order valence-electron chi connectivity index (χ0n) is 9.37. The van der Waals surface area contributed by atoms with Crippen molar-refractivity contribution < 1.29 is 4.79 Å². The van der Waals surface area contributed by atoms with Crippen molar-refractivity contribution in [3.8, 4) is 0 Å². The van der Waals surface area contributed by atoms with E-state index in [2.05, 4.69) is 12.2 Å². The van der Waals surface area contributed by atoms with Gasteiger partial charge in [-0.3, -0.25) is 4.79 Å². The van der Waals surface area contributed by atoms with Crippen LogP contribution in [-0.4, -0.2) is 11.4 Å². The second-order valence-electron chi connectivity index (χ2n) is 4.68. The van der Waals surface area contributed by atoms with Crippen LogP contribution in [0.2, 0.25) is 0 Å². The van der Waals surface area contributed by atoms with E-state index < -0.39 is 5.38 Å². The molecule has 0 bridgehead atoms. The second kappa shape index (κ2) is 4.46. The number of carbonyl (C=O) groups excluding carboxylic acids is 1. The number of amides is 1. The molecule has 1 saturated carbocycles. The average Bonchev–Trinajstić information content (AvgIpc) is 2.27. The molecular formula is C13H16ClNO. The highest BCUT2D eigenvalue weighted by molar-refractivity contribution is 6.30. The van der Waals surface area contributed by atoms with Crippen molar-refractivity contribution in [2.24, 2.45) is 0 Å². The molecule has 0 aromatic heterocycles. The van der Waals surface area contributed by atoms with E-state index in [1.54, 1.807) is 0 Å². The van der Waals surface area contributed by atoms with Gasteiger partial charge in [0.25, 0.3) is 0 Å². The topological polar surface area (TPSA) is 29.1 Å². The van der Waals surface area contributed by atoms with Crippen LogP contribution in [0.3, 0.4) is 0 Å². The molecule has 2 nitrogen and oxygen atoms in total. The van der Waals surface area contributed by atoms with Gasteiger partial charge in [0.1, 0.15) is 5.38 Å². The summed E-state index contributed by atoms with van der Waals surface area (Å²) in [5.74, 6) is -0.0879. The lowest BCUT2D eigenvalue weighted by Gasteiger charge is -2.39. The molecule has 1 unspecified atom stereocenters. The summed E-state index contributed by atoms with van der Waals surface area (Å²) in [4.78, 5) is 11.9. The van der Waals surface area contributed by atoms with Gasteiger partial charge < -0.3 is 5.32 Å². The van der Waals surface area contributed by atoms with Gasteiger partial charge in [-0.05, 0) is 31.7 Å². The predicted molar refractivity (Wildman–Crippen MR) is 65.4 cm³/mol. The minimum atomic E-state index is -0.585. The maximum atomic E-state index is 11.9. The molecule has 16 heavy (non-hydrogen) atoms.